The zero-order valence-electron chi connectivity index (χ0n) is 14.7. The molecule has 0 atom stereocenters. The second-order valence-corrected chi connectivity index (χ2v) is 6.97. The Kier molecular flexibility index (Phi) is 3.46. The third-order valence-corrected chi connectivity index (χ3v) is 5.08. The average molecular weight is 328 g/mol. The van der Waals surface area contributed by atoms with Crippen molar-refractivity contribution in [2.24, 2.45) is 0 Å². The second-order valence-electron chi connectivity index (χ2n) is 6.97. The summed E-state index contributed by atoms with van der Waals surface area (Å²) in [5, 5.41) is 2.46. The Morgan fingerprint density at radius 2 is 1.80 bits per heavy atom. The van der Waals surface area contributed by atoms with E-state index in [0.29, 0.717) is 5.69 Å². The minimum atomic E-state index is -0.255. The van der Waals surface area contributed by atoms with E-state index in [1.807, 2.05) is 19.2 Å². The molecule has 4 rings (SSSR count). The highest BCUT2D eigenvalue weighted by Crippen LogP contribution is 2.49. The Balaban J connectivity index is 1.88. The molecule has 25 heavy (non-hydrogen) atoms. The van der Waals surface area contributed by atoms with Crippen LogP contribution in [0, 0.1) is 0 Å². The third-order valence-electron chi connectivity index (χ3n) is 5.08. The summed E-state index contributed by atoms with van der Waals surface area (Å²) in [5.41, 5.74) is 3.64. The van der Waals surface area contributed by atoms with Gasteiger partial charge in [-0.15, -0.1) is 0 Å². The summed E-state index contributed by atoms with van der Waals surface area (Å²) >= 11 is 0. The average Bonchev–Trinajstić information content (AvgIpc) is 2.83. The number of rotatable bonds is 2. The molecule has 1 aliphatic rings. The molecule has 0 fully saturated rings. The van der Waals surface area contributed by atoms with Gasteiger partial charge in [0, 0.05) is 36.1 Å². The first kappa shape index (κ1) is 15.6. The van der Waals surface area contributed by atoms with Gasteiger partial charge < -0.3 is 4.90 Å². The van der Waals surface area contributed by atoms with Crippen LogP contribution in [0.1, 0.15) is 29.9 Å². The summed E-state index contributed by atoms with van der Waals surface area (Å²) in [6.07, 6.45) is 3.38. The van der Waals surface area contributed by atoms with Crippen molar-refractivity contribution in [1.29, 1.82) is 0 Å². The molecule has 0 radical (unpaired) electrons. The van der Waals surface area contributed by atoms with E-state index in [9.17, 15) is 4.79 Å². The number of likely N-dealkylation sites (N-methyl/N-ethyl adjacent to an activating group) is 1. The van der Waals surface area contributed by atoms with E-state index in [1.165, 1.54) is 16.3 Å². The van der Waals surface area contributed by atoms with Gasteiger partial charge in [-0.25, -0.2) is 0 Å². The summed E-state index contributed by atoms with van der Waals surface area (Å²) in [6, 6.07) is 18.1. The number of nitrogens with zero attached hydrogens (tertiary/aromatic N) is 2. The van der Waals surface area contributed by atoms with Crippen LogP contribution in [-0.4, -0.2) is 17.8 Å². The molecule has 124 valence electrons. The molecule has 3 aromatic rings. The quantitative estimate of drug-likeness (QED) is 0.504. The van der Waals surface area contributed by atoms with E-state index in [2.05, 4.69) is 60.1 Å². The van der Waals surface area contributed by atoms with Crippen molar-refractivity contribution in [3.63, 3.8) is 0 Å². The molecule has 0 unspecified atom stereocenters. The second kappa shape index (κ2) is 5.55. The van der Waals surface area contributed by atoms with Gasteiger partial charge in [-0.3, -0.25) is 9.78 Å². The summed E-state index contributed by atoms with van der Waals surface area (Å²) in [6.45, 7) is 4.36. The smallest absolute Gasteiger partial charge is 0.205 e. The van der Waals surface area contributed by atoms with Crippen LogP contribution < -0.4 is 4.90 Å². The highest BCUT2D eigenvalue weighted by Gasteiger charge is 2.40. The van der Waals surface area contributed by atoms with E-state index in [4.69, 9.17) is 0 Å². The van der Waals surface area contributed by atoms with Crippen molar-refractivity contribution in [3.8, 4) is 0 Å². The van der Waals surface area contributed by atoms with Crippen LogP contribution in [0.3, 0.4) is 0 Å². The molecule has 0 bridgehead atoms. The zero-order chi connectivity index (χ0) is 17.6. The Hall–Kier alpha value is -2.94. The van der Waals surface area contributed by atoms with Gasteiger partial charge in [0.25, 0.3) is 0 Å². The van der Waals surface area contributed by atoms with E-state index in [1.54, 1.807) is 18.3 Å². The maximum Gasteiger partial charge on any atom is 0.205 e. The molecule has 0 saturated carbocycles. The molecule has 0 amide bonds. The molecule has 2 aromatic carbocycles. The van der Waals surface area contributed by atoms with Crippen LogP contribution in [0.15, 0.2) is 72.6 Å². The molecule has 3 nitrogen and oxygen atoms in total. The largest absolute Gasteiger partial charge is 0.347 e. The zero-order valence-corrected chi connectivity index (χ0v) is 14.7. The highest BCUT2D eigenvalue weighted by atomic mass is 16.1. The monoisotopic (exact) mass is 328 g/mol. The van der Waals surface area contributed by atoms with Gasteiger partial charge in [0.15, 0.2) is 0 Å². The lowest BCUT2D eigenvalue weighted by Crippen LogP contribution is -2.24. The number of hydrogen-bond acceptors (Lipinski definition) is 3. The van der Waals surface area contributed by atoms with Gasteiger partial charge in [0.2, 0.25) is 5.78 Å². The minimum absolute atomic E-state index is 0.0624. The predicted molar refractivity (Wildman–Crippen MR) is 102 cm³/mol. The van der Waals surface area contributed by atoms with E-state index in [0.717, 1.165) is 11.4 Å². The van der Waals surface area contributed by atoms with Crippen LogP contribution in [0.25, 0.3) is 10.8 Å². The van der Waals surface area contributed by atoms with Gasteiger partial charge in [-0.05, 0) is 34.5 Å². The van der Waals surface area contributed by atoms with Gasteiger partial charge in [0.05, 0.1) is 0 Å². The molecular weight excluding hydrogens is 308 g/mol. The highest BCUT2D eigenvalue weighted by molar-refractivity contribution is 6.05. The number of ketones is 1. The SMILES string of the molecule is CN1C(=CC(=O)c2ccccn2)C(C)(C)c2c1ccc1ccccc21. The number of hydrogen-bond donors (Lipinski definition) is 0. The fourth-order valence-electron chi connectivity index (χ4n) is 3.86. The van der Waals surface area contributed by atoms with E-state index < -0.39 is 0 Å². The Morgan fingerprint density at radius 3 is 2.56 bits per heavy atom. The summed E-state index contributed by atoms with van der Waals surface area (Å²) < 4.78 is 0. The number of aromatic nitrogens is 1. The molecular formula is C22H20N2O. The first-order chi connectivity index (χ1) is 12.0. The number of carbonyl (C=O) groups is 1. The molecule has 1 aliphatic heterocycles. The van der Waals surface area contributed by atoms with Crippen molar-refractivity contribution < 1.29 is 4.79 Å². The topological polar surface area (TPSA) is 33.2 Å². The molecule has 0 aliphatic carbocycles. The fraction of sp³-hybridized carbons (Fsp3) is 0.182. The maximum absolute atomic E-state index is 12.7. The standard InChI is InChI=1S/C22H20N2O/c1-22(2)20(14-19(25)17-10-6-7-13-23-17)24(3)18-12-11-15-8-4-5-9-16(15)21(18)22/h4-14H,1-3H3. The normalized spacial score (nSPS) is 17.1. The minimum Gasteiger partial charge on any atom is -0.347 e. The van der Waals surface area contributed by atoms with Crippen LogP contribution in [-0.2, 0) is 5.41 Å². The lowest BCUT2D eigenvalue weighted by molar-refractivity contribution is 0.104. The Bertz CT molecular complexity index is 1000. The molecule has 2 heterocycles. The van der Waals surface area contributed by atoms with Crippen LogP contribution >= 0.6 is 0 Å². The summed E-state index contributed by atoms with van der Waals surface area (Å²) in [4.78, 5) is 19.0. The lowest BCUT2D eigenvalue weighted by Gasteiger charge is -2.24. The summed E-state index contributed by atoms with van der Waals surface area (Å²) in [5.74, 6) is -0.0624. The first-order valence-corrected chi connectivity index (χ1v) is 8.43. The lowest BCUT2D eigenvalue weighted by atomic mass is 9.81. The van der Waals surface area contributed by atoms with Crippen LogP contribution in [0.5, 0.6) is 0 Å². The van der Waals surface area contributed by atoms with Crippen LogP contribution in [0.4, 0.5) is 5.69 Å². The van der Waals surface area contributed by atoms with Crippen molar-refractivity contribution in [1.82, 2.24) is 4.98 Å². The van der Waals surface area contributed by atoms with Gasteiger partial charge >= 0.3 is 0 Å². The van der Waals surface area contributed by atoms with E-state index >= 15 is 0 Å². The number of fused-ring (bicyclic) bond motifs is 3. The van der Waals surface area contributed by atoms with Crippen molar-refractivity contribution >= 4 is 22.2 Å². The number of benzene rings is 2. The summed E-state index contributed by atoms with van der Waals surface area (Å²) in [7, 11) is 2.03. The van der Waals surface area contributed by atoms with Crippen LogP contribution in [0.2, 0.25) is 0 Å². The third kappa shape index (κ3) is 2.35. The molecule has 0 N–H and O–H groups in total. The van der Waals surface area contributed by atoms with Crippen molar-refractivity contribution in [2.45, 2.75) is 19.3 Å². The Morgan fingerprint density at radius 1 is 1.04 bits per heavy atom. The number of carbonyl (C=O) groups excluding carboxylic acids is 1. The van der Waals surface area contributed by atoms with Crippen molar-refractivity contribution in [3.05, 3.63) is 83.8 Å². The maximum atomic E-state index is 12.7. The fourth-order valence-corrected chi connectivity index (χ4v) is 3.86. The molecule has 0 saturated heterocycles. The number of allylic oxidation sites excluding steroid dienone is 2. The van der Waals surface area contributed by atoms with Crippen molar-refractivity contribution in [2.75, 3.05) is 11.9 Å². The molecule has 1 aromatic heterocycles. The number of pyridine rings is 1. The molecule has 3 heteroatoms. The Labute approximate surface area is 147 Å². The van der Waals surface area contributed by atoms with Gasteiger partial charge in [0.1, 0.15) is 5.69 Å². The molecule has 0 spiro atoms. The van der Waals surface area contributed by atoms with E-state index in [-0.39, 0.29) is 11.2 Å². The van der Waals surface area contributed by atoms with Gasteiger partial charge in [-0.1, -0.05) is 50.2 Å². The first-order valence-electron chi connectivity index (χ1n) is 8.43. The number of anilines is 1. The predicted octanol–water partition coefficient (Wildman–Crippen LogP) is 4.73. The van der Waals surface area contributed by atoms with Gasteiger partial charge in [-0.2, -0.15) is 0 Å².